The van der Waals surface area contributed by atoms with E-state index in [2.05, 4.69) is 15.3 Å². The molecule has 0 unspecified atom stereocenters. The van der Waals surface area contributed by atoms with Crippen LogP contribution in [0.15, 0.2) is 54.7 Å². The molecule has 0 aliphatic rings. The predicted molar refractivity (Wildman–Crippen MR) is 99.1 cm³/mol. The van der Waals surface area contributed by atoms with Crippen LogP contribution in [0, 0.1) is 0 Å². The molecule has 2 aromatic heterocycles. The minimum Gasteiger partial charge on any atom is -0.493 e. The Bertz CT molecular complexity index is 883. The number of carbonyl (C=O) groups is 1. The monoisotopic (exact) mass is 351 g/mol. The number of benzene rings is 1. The molecule has 0 radical (unpaired) electrons. The number of nitrogens with zero attached hydrogens (tertiary/aromatic N) is 2. The summed E-state index contributed by atoms with van der Waals surface area (Å²) < 4.78 is 10.7. The van der Waals surface area contributed by atoms with E-state index in [9.17, 15) is 4.79 Å². The van der Waals surface area contributed by atoms with Gasteiger partial charge in [0.1, 0.15) is 11.4 Å². The molecule has 134 valence electrons. The van der Waals surface area contributed by atoms with Crippen molar-refractivity contribution in [2.45, 2.75) is 13.0 Å². The molecular formula is C20H21N3O3. The van der Waals surface area contributed by atoms with Gasteiger partial charge in [0.2, 0.25) is 0 Å². The first-order chi connectivity index (χ1) is 12.8. The summed E-state index contributed by atoms with van der Waals surface area (Å²) in [6.07, 6.45) is 2.54. The van der Waals surface area contributed by atoms with Gasteiger partial charge in [-0.2, -0.15) is 0 Å². The topological polar surface area (TPSA) is 73.3 Å². The van der Waals surface area contributed by atoms with Crippen molar-refractivity contribution in [1.82, 2.24) is 15.3 Å². The van der Waals surface area contributed by atoms with Gasteiger partial charge in [0.05, 0.1) is 17.6 Å². The largest absolute Gasteiger partial charge is 0.493 e. The number of methoxy groups -OCH3 is 1. The summed E-state index contributed by atoms with van der Waals surface area (Å²) in [7, 11) is 1.67. The van der Waals surface area contributed by atoms with Crippen molar-refractivity contribution >= 4 is 16.9 Å². The maximum Gasteiger partial charge on any atom is 0.270 e. The third-order valence-electron chi connectivity index (χ3n) is 3.80. The van der Waals surface area contributed by atoms with Gasteiger partial charge in [-0.15, -0.1) is 0 Å². The van der Waals surface area contributed by atoms with Crippen molar-refractivity contribution < 1.29 is 14.3 Å². The molecule has 0 saturated heterocycles. The van der Waals surface area contributed by atoms with E-state index in [0.29, 0.717) is 31.0 Å². The van der Waals surface area contributed by atoms with Crippen molar-refractivity contribution in [3.63, 3.8) is 0 Å². The van der Waals surface area contributed by atoms with Gasteiger partial charge in [0.25, 0.3) is 5.91 Å². The van der Waals surface area contributed by atoms with Crippen LogP contribution in [-0.2, 0) is 11.3 Å². The molecule has 6 nitrogen and oxygen atoms in total. The van der Waals surface area contributed by atoms with E-state index in [-0.39, 0.29) is 5.91 Å². The Morgan fingerprint density at radius 2 is 2.00 bits per heavy atom. The maximum absolute atomic E-state index is 12.4. The summed E-state index contributed by atoms with van der Waals surface area (Å²) in [5.74, 6) is 0.560. The summed E-state index contributed by atoms with van der Waals surface area (Å²) in [5.41, 5.74) is 2.80. The third-order valence-corrected chi connectivity index (χ3v) is 3.80. The predicted octanol–water partition coefficient (Wildman–Crippen LogP) is 2.98. The molecule has 2 heterocycles. The van der Waals surface area contributed by atoms with Crippen LogP contribution >= 0.6 is 0 Å². The van der Waals surface area contributed by atoms with Crippen LogP contribution in [0.3, 0.4) is 0 Å². The van der Waals surface area contributed by atoms with E-state index in [1.807, 2.05) is 30.3 Å². The minimum atomic E-state index is -0.220. The molecule has 3 rings (SSSR count). The number of amides is 1. The number of carbonyl (C=O) groups excluding carboxylic acids is 1. The molecule has 3 aromatic rings. The molecule has 0 aliphatic heterocycles. The molecule has 0 spiro atoms. The number of hydrogen-bond acceptors (Lipinski definition) is 5. The quantitative estimate of drug-likeness (QED) is 0.632. The van der Waals surface area contributed by atoms with Crippen LogP contribution in [0.25, 0.3) is 11.0 Å². The lowest BCUT2D eigenvalue weighted by Gasteiger charge is -2.09. The zero-order valence-electron chi connectivity index (χ0n) is 14.6. The van der Waals surface area contributed by atoms with Crippen LogP contribution in [-0.4, -0.2) is 36.2 Å². The molecule has 0 fully saturated rings. The smallest absolute Gasteiger partial charge is 0.270 e. The van der Waals surface area contributed by atoms with E-state index in [1.165, 1.54) is 0 Å². The molecular weight excluding hydrogens is 330 g/mol. The third kappa shape index (κ3) is 4.77. The van der Waals surface area contributed by atoms with E-state index in [0.717, 1.165) is 23.3 Å². The first-order valence-electron chi connectivity index (χ1n) is 8.47. The Labute approximate surface area is 152 Å². The van der Waals surface area contributed by atoms with Gasteiger partial charge >= 0.3 is 0 Å². The van der Waals surface area contributed by atoms with E-state index in [1.54, 1.807) is 31.5 Å². The van der Waals surface area contributed by atoms with Gasteiger partial charge in [0, 0.05) is 32.9 Å². The molecule has 1 amide bonds. The maximum atomic E-state index is 12.4. The van der Waals surface area contributed by atoms with Crippen LogP contribution in [0.5, 0.6) is 5.75 Å². The fourth-order valence-corrected chi connectivity index (χ4v) is 2.49. The number of nitrogens with one attached hydrogen (secondary N) is 1. The van der Waals surface area contributed by atoms with Gasteiger partial charge in [-0.25, -0.2) is 4.98 Å². The van der Waals surface area contributed by atoms with Gasteiger partial charge in [0.15, 0.2) is 0 Å². The van der Waals surface area contributed by atoms with Crippen LogP contribution in [0.4, 0.5) is 0 Å². The van der Waals surface area contributed by atoms with E-state index >= 15 is 0 Å². The first-order valence-corrected chi connectivity index (χ1v) is 8.47. The molecule has 0 bridgehead atoms. The van der Waals surface area contributed by atoms with E-state index in [4.69, 9.17) is 9.47 Å². The molecule has 0 saturated carbocycles. The lowest BCUT2D eigenvalue weighted by molar-refractivity contribution is 0.0946. The second kappa shape index (κ2) is 8.92. The van der Waals surface area contributed by atoms with Crippen LogP contribution < -0.4 is 10.1 Å². The van der Waals surface area contributed by atoms with Gasteiger partial charge in [-0.3, -0.25) is 9.78 Å². The summed E-state index contributed by atoms with van der Waals surface area (Å²) in [5, 5.41) is 2.89. The highest BCUT2D eigenvalue weighted by Gasteiger charge is 2.08. The van der Waals surface area contributed by atoms with Gasteiger partial charge in [-0.1, -0.05) is 12.1 Å². The number of pyridine rings is 2. The average molecular weight is 351 g/mol. The van der Waals surface area contributed by atoms with Gasteiger partial charge < -0.3 is 14.8 Å². The molecule has 26 heavy (non-hydrogen) atoms. The van der Waals surface area contributed by atoms with Crippen molar-refractivity contribution in [3.8, 4) is 5.75 Å². The standard InChI is InChI=1S/C20H21N3O3/c1-25-11-4-12-26-16-6-2-5-15(13-16)14-22-20(24)19-9-8-17-18(23-19)7-3-10-21-17/h2-3,5-10,13H,4,11-12,14H2,1H3,(H,22,24). The lowest BCUT2D eigenvalue weighted by Crippen LogP contribution is -2.23. The number of hydrogen-bond donors (Lipinski definition) is 1. The van der Waals surface area contributed by atoms with Crippen molar-refractivity contribution in [1.29, 1.82) is 0 Å². The molecule has 1 N–H and O–H groups in total. The zero-order chi connectivity index (χ0) is 18.2. The first kappa shape index (κ1) is 17.8. The van der Waals surface area contributed by atoms with Crippen LogP contribution in [0.2, 0.25) is 0 Å². The Balaban J connectivity index is 1.58. The fraction of sp³-hybridized carbons (Fsp3) is 0.250. The van der Waals surface area contributed by atoms with Crippen LogP contribution in [0.1, 0.15) is 22.5 Å². The Morgan fingerprint density at radius 1 is 1.08 bits per heavy atom. The fourth-order valence-electron chi connectivity index (χ4n) is 2.49. The normalized spacial score (nSPS) is 10.7. The summed E-state index contributed by atoms with van der Waals surface area (Å²) in [4.78, 5) is 20.9. The van der Waals surface area contributed by atoms with Crippen molar-refractivity contribution in [2.75, 3.05) is 20.3 Å². The van der Waals surface area contributed by atoms with Crippen molar-refractivity contribution in [3.05, 3.63) is 66.0 Å². The Morgan fingerprint density at radius 3 is 2.88 bits per heavy atom. The summed E-state index contributed by atoms with van der Waals surface area (Å²) >= 11 is 0. The molecule has 0 atom stereocenters. The second-order valence-electron chi connectivity index (χ2n) is 5.76. The molecule has 6 heteroatoms. The van der Waals surface area contributed by atoms with E-state index < -0.39 is 0 Å². The Kier molecular flexibility index (Phi) is 6.11. The number of aromatic nitrogens is 2. The lowest BCUT2D eigenvalue weighted by atomic mass is 10.2. The Hall–Kier alpha value is -2.99. The number of rotatable bonds is 8. The SMILES string of the molecule is COCCCOc1cccc(CNC(=O)c2ccc3ncccc3n2)c1. The van der Waals surface area contributed by atoms with Crippen molar-refractivity contribution in [2.24, 2.45) is 0 Å². The molecule has 1 aromatic carbocycles. The highest BCUT2D eigenvalue weighted by Crippen LogP contribution is 2.14. The van der Waals surface area contributed by atoms with Gasteiger partial charge in [-0.05, 0) is 42.0 Å². The second-order valence-corrected chi connectivity index (χ2v) is 5.76. The number of fused-ring (bicyclic) bond motifs is 1. The average Bonchev–Trinajstić information content (AvgIpc) is 2.69. The highest BCUT2D eigenvalue weighted by molar-refractivity contribution is 5.94. The molecule has 0 aliphatic carbocycles. The highest BCUT2D eigenvalue weighted by atomic mass is 16.5. The minimum absolute atomic E-state index is 0.220. The number of ether oxygens (including phenoxy) is 2. The summed E-state index contributed by atoms with van der Waals surface area (Å²) in [6, 6.07) is 14.8. The zero-order valence-corrected chi connectivity index (χ0v) is 14.6. The summed E-state index contributed by atoms with van der Waals surface area (Å²) in [6.45, 7) is 1.67.